The molecule has 1 aliphatic heterocycles. The summed E-state index contributed by atoms with van der Waals surface area (Å²) < 4.78 is 1.57. The second kappa shape index (κ2) is 5.68. The molecule has 1 aromatic heterocycles. The van der Waals surface area contributed by atoms with Crippen molar-refractivity contribution >= 4 is 23.5 Å². The van der Waals surface area contributed by atoms with Crippen molar-refractivity contribution in [2.24, 2.45) is 7.05 Å². The molecule has 3 amide bonds. The van der Waals surface area contributed by atoms with Crippen LogP contribution >= 0.6 is 0 Å². The Balaban J connectivity index is 1.64. The fourth-order valence-corrected chi connectivity index (χ4v) is 2.51. The van der Waals surface area contributed by atoms with Crippen molar-refractivity contribution in [3.8, 4) is 0 Å². The summed E-state index contributed by atoms with van der Waals surface area (Å²) in [4.78, 5) is 37.6. The molecule has 118 valence electrons. The van der Waals surface area contributed by atoms with E-state index in [0.717, 1.165) is 10.5 Å². The molecule has 0 saturated heterocycles. The molecule has 1 aromatic carbocycles. The van der Waals surface area contributed by atoms with Gasteiger partial charge in [-0.3, -0.25) is 24.0 Å². The van der Waals surface area contributed by atoms with E-state index in [9.17, 15) is 14.4 Å². The van der Waals surface area contributed by atoms with Gasteiger partial charge in [0.1, 0.15) is 0 Å². The molecule has 0 fully saturated rings. The number of carbonyl (C=O) groups is 3. The third-order valence-electron chi connectivity index (χ3n) is 3.67. The highest BCUT2D eigenvalue weighted by Crippen LogP contribution is 2.23. The van der Waals surface area contributed by atoms with Crippen molar-refractivity contribution in [1.82, 2.24) is 14.7 Å². The molecule has 7 heteroatoms. The van der Waals surface area contributed by atoms with Gasteiger partial charge in [-0.2, -0.15) is 5.10 Å². The molecule has 7 nitrogen and oxygen atoms in total. The largest absolute Gasteiger partial charge is 0.309 e. The molecule has 0 aliphatic carbocycles. The number of fused-ring (bicyclic) bond motifs is 1. The SMILES string of the molecule is Cc1ccc2c(c1)C(=O)N(CCC(=O)Nc1ccn(C)n1)C2=O. The van der Waals surface area contributed by atoms with Crippen LogP contribution in [0.25, 0.3) is 0 Å². The van der Waals surface area contributed by atoms with Gasteiger partial charge in [0.05, 0.1) is 11.1 Å². The van der Waals surface area contributed by atoms with Crippen LogP contribution in [0.5, 0.6) is 0 Å². The van der Waals surface area contributed by atoms with Gasteiger partial charge in [-0.05, 0) is 19.1 Å². The van der Waals surface area contributed by atoms with Gasteiger partial charge in [-0.25, -0.2) is 0 Å². The van der Waals surface area contributed by atoms with E-state index in [2.05, 4.69) is 10.4 Å². The van der Waals surface area contributed by atoms with E-state index in [0.29, 0.717) is 16.9 Å². The van der Waals surface area contributed by atoms with E-state index in [1.807, 2.05) is 6.92 Å². The normalized spacial score (nSPS) is 13.4. The van der Waals surface area contributed by atoms with Crippen molar-refractivity contribution in [1.29, 1.82) is 0 Å². The van der Waals surface area contributed by atoms with Gasteiger partial charge < -0.3 is 5.32 Å². The van der Waals surface area contributed by atoms with Gasteiger partial charge in [0, 0.05) is 32.3 Å². The van der Waals surface area contributed by atoms with E-state index in [1.165, 1.54) is 0 Å². The fourth-order valence-electron chi connectivity index (χ4n) is 2.51. The Morgan fingerprint density at radius 1 is 1.17 bits per heavy atom. The first-order chi connectivity index (χ1) is 11.0. The minimum Gasteiger partial charge on any atom is -0.309 e. The Labute approximate surface area is 132 Å². The first-order valence-electron chi connectivity index (χ1n) is 7.22. The lowest BCUT2D eigenvalue weighted by molar-refractivity contribution is -0.116. The maximum Gasteiger partial charge on any atom is 0.261 e. The number of imide groups is 1. The average Bonchev–Trinajstić information content (AvgIpc) is 3.00. The van der Waals surface area contributed by atoms with Crippen LogP contribution in [0.15, 0.2) is 30.5 Å². The van der Waals surface area contributed by atoms with Gasteiger partial charge in [0.25, 0.3) is 11.8 Å². The average molecular weight is 312 g/mol. The quantitative estimate of drug-likeness (QED) is 0.864. The van der Waals surface area contributed by atoms with E-state index >= 15 is 0 Å². The molecule has 0 radical (unpaired) electrons. The third kappa shape index (κ3) is 2.85. The second-order valence-corrected chi connectivity index (χ2v) is 5.48. The van der Waals surface area contributed by atoms with Crippen molar-refractivity contribution in [3.05, 3.63) is 47.2 Å². The van der Waals surface area contributed by atoms with Crippen LogP contribution in [0.2, 0.25) is 0 Å². The number of nitrogens with one attached hydrogen (secondary N) is 1. The molecule has 1 aliphatic rings. The van der Waals surface area contributed by atoms with Crippen LogP contribution in [-0.4, -0.2) is 38.9 Å². The first kappa shape index (κ1) is 15.0. The number of rotatable bonds is 4. The number of carbonyl (C=O) groups excluding carboxylic acids is 3. The van der Waals surface area contributed by atoms with Gasteiger partial charge in [0.2, 0.25) is 5.91 Å². The molecule has 1 N–H and O–H groups in total. The predicted octanol–water partition coefficient (Wildman–Crippen LogP) is 1.35. The number of anilines is 1. The van der Waals surface area contributed by atoms with Crippen molar-refractivity contribution < 1.29 is 14.4 Å². The molecule has 2 aromatic rings. The Hall–Kier alpha value is -2.96. The summed E-state index contributed by atoms with van der Waals surface area (Å²) in [6.45, 7) is 1.91. The molecule has 3 rings (SSSR count). The Bertz CT molecular complexity index is 809. The summed E-state index contributed by atoms with van der Waals surface area (Å²) in [6, 6.07) is 6.81. The third-order valence-corrected chi connectivity index (χ3v) is 3.67. The monoisotopic (exact) mass is 312 g/mol. The summed E-state index contributed by atoms with van der Waals surface area (Å²) in [5, 5.41) is 6.67. The van der Waals surface area contributed by atoms with Crippen molar-refractivity contribution in [2.75, 3.05) is 11.9 Å². The van der Waals surface area contributed by atoms with Gasteiger partial charge in [0.15, 0.2) is 5.82 Å². The van der Waals surface area contributed by atoms with Crippen molar-refractivity contribution in [3.63, 3.8) is 0 Å². The zero-order valence-corrected chi connectivity index (χ0v) is 12.9. The van der Waals surface area contributed by atoms with Crippen molar-refractivity contribution in [2.45, 2.75) is 13.3 Å². The highest BCUT2D eigenvalue weighted by molar-refractivity contribution is 6.21. The Morgan fingerprint density at radius 3 is 2.61 bits per heavy atom. The lowest BCUT2D eigenvalue weighted by Gasteiger charge is -2.13. The number of benzene rings is 1. The van der Waals surface area contributed by atoms with Gasteiger partial charge in [-0.15, -0.1) is 0 Å². The summed E-state index contributed by atoms with van der Waals surface area (Å²) in [5.74, 6) is -0.554. The van der Waals surface area contributed by atoms with Gasteiger partial charge in [-0.1, -0.05) is 11.6 Å². The second-order valence-electron chi connectivity index (χ2n) is 5.48. The summed E-state index contributed by atoms with van der Waals surface area (Å²) in [5.41, 5.74) is 1.71. The molecule has 0 atom stereocenters. The molecule has 2 heterocycles. The smallest absolute Gasteiger partial charge is 0.261 e. The fraction of sp³-hybridized carbons (Fsp3) is 0.250. The molecule has 0 spiro atoms. The number of hydrogen-bond acceptors (Lipinski definition) is 4. The zero-order chi connectivity index (χ0) is 16.6. The Morgan fingerprint density at radius 2 is 1.91 bits per heavy atom. The van der Waals surface area contributed by atoms with Crippen LogP contribution < -0.4 is 5.32 Å². The summed E-state index contributed by atoms with van der Waals surface area (Å²) >= 11 is 0. The molecule has 0 bridgehead atoms. The van der Waals surface area contributed by atoms with Crippen LogP contribution in [0.3, 0.4) is 0 Å². The summed E-state index contributed by atoms with van der Waals surface area (Å²) in [6.07, 6.45) is 1.74. The van der Waals surface area contributed by atoms with Crippen LogP contribution in [0.4, 0.5) is 5.82 Å². The van der Waals surface area contributed by atoms with Gasteiger partial charge >= 0.3 is 0 Å². The van der Waals surface area contributed by atoms with E-state index < -0.39 is 0 Å². The maximum absolute atomic E-state index is 12.3. The molecule has 23 heavy (non-hydrogen) atoms. The van der Waals surface area contributed by atoms with E-state index in [1.54, 1.807) is 42.2 Å². The lowest BCUT2D eigenvalue weighted by atomic mass is 10.1. The highest BCUT2D eigenvalue weighted by atomic mass is 16.2. The standard InChI is InChI=1S/C16H16N4O3/c1-10-3-4-11-12(9-10)16(23)20(15(11)22)8-6-14(21)17-13-5-7-19(2)18-13/h3-5,7,9H,6,8H2,1-2H3,(H,17,18,21). The minimum absolute atomic E-state index is 0.0288. The molecular formula is C16H16N4O3. The van der Waals surface area contributed by atoms with E-state index in [-0.39, 0.29) is 30.7 Å². The first-order valence-corrected chi connectivity index (χ1v) is 7.22. The molecule has 0 saturated carbocycles. The number of amides is 3. The number of hydrogen-bond donors (Lipinski definition) is 1. The number of aryl methyl sites for hydroxylation is 2. The van der Waals surface area contributed by atoms with Crippen LogP contribution in [0, 0.1) is 6.92 Å². The maximum atomic E-state index is 12.3. The molecular weight excluding hydrogens is 296 g/mol. The minimum atomic E-state index is -0.351. The Kier molecular flexibility index (Phi) is 3.69. The lowest BCUT2D eigenvalue weighted by Crippen LogP contribution is -2.32. The summed E-state index contributed by atoms with van der Waals surface area (Å²) in [7, 11) is 1.75. The number of nitrogens with zero attached hydrogens (tertiary/aromatic N) is 3. The molecule has 0 unspecified atom stereocenters. The number of aromatic nitrogens is 2. The zero-order valence-electron chi connectivity index (χ0n) is 12.9. The predicted molar refractivity (Wildman–Crippen MR) is 83.0 cm³/mol. The topological polar surface area (TPSA) is 84.3 Å². The van der Waals surface area contributed by atoms with Crippen LogP contribution in [-0.2, 0) is 11.8 Å². The van der Waals surface area contributed by atoms with Crippen LogP contribution in [0.1, 0.15) is 32.7 Å². The van der Waals surface area contributed by atoms with E-state index in [4.69, 9.17) is 0 Å². The highest BCUT2D eigenvalue weighted by Gasteiger charge is 2.35.